The average Bonchev–Trinajstić information content (AvgIpc) is 2.29. The van der Waals surface area contributed by atoms with Crippen LogP contribution in [0.15, 0.2) is 24.3 Å². The smallest absolute Gasteiger partial charge is 0.0868 e. The van der Waals surface area contributed by atoms with E-state index in [4.69, 9.17) is 6.42 Å². The molecule has 86 valence electrons. The highest BCUT2D eigenvalue weighted by Crippen LogP contribution is 2.26. The van der Waals surface area contributed by atoms with Gasteiger partial charge in [-0.15, -0.1) is 12.3 Å². The number of aryl methyl sites for hydroxylation is 1. The molecule has 1 unspecified atom stereocenters. The lowest BCUT2D eigenvalue weighted by Crippen LogP contribution is -2.20. The molecule has 1 nitrogen and oxygen atoms in total. The van der Waals surface area contributed by atoms with Gasteiger partial charge in [0.05, 0.1) is 5.60 Å². The van der Waals surface area contributed by atoms with E-state index in [1.54, 1.807) is 0 Å². The molecule has 16 heavy (non-hydrogen) atoms. The number of hydrogen-bond acceptors (Lipinski definition) is 1. The minimum Gasteiger partial charge on any atom is -0.385 e. The van der Waals surface area contributed by atoms with E-state index in [1.807, 2.05) is 19.1 Å². The van der Waals surface area contributed by atoms with Crippen LogP contribution in [-0.4, -0.2) is 5.11 Å². The summed E-state index contributed by atoms with van der Waals surface area (Å²) in [5.41, 5.74) is 1.51. The molecule has 1 aromatic rings. The van der Waals surface area contributed by atoms with Crippen LogP contribution < -0.4 is 0 Å². The lowest BCUT2D eigenvalue weighted by molar-refractivity contribution is 0.0460. The Hall–Kier alpha value is -1.26. The molecule has 0 aromatic heterocycles. The first-order valence-corrected chi connectivity index (χ1v) is 5.85. The molecule has 0 spiro atoms. The second-order valence-corrected chi connectivity index (χ2v) is 4.38. The van der Waals surface area contributed by atoms with E-state index in [2.05, 4.69) is 25.0 Å². The van der Waals surface area contributed by atoms with Crippen LogP contribution >= 0.6 is 0 Å². The molecule has 1 N–H and O–H groups in total. The second-order valence-electron chi connectivity index (χ2n) is 4.38. The van der Waals surface area contributed by atoms with Crippen LogP contribution in [0.4, 0.5) is 0 Å². The van der Waals surface area contributed by atoms with Gasteiger partial charge in [-0.2, -0.15) is 0 Å². The third kappa shape index (κ3) is 3.40. The fourth-order valence-electron chi connectivity index (χ4n) is 1.78. The molecule has 0 aliphatic heterocycles. The molecule has 1 heteroatoms. The van der Waals surface area contributed by atoms with Crippen molar-refractivity contribution in [3.8, 4) is 12.3 Å². The lowest BCUT2D eigenvalue weighted by atomic mass is 9.90. The first-order chi connectivity index (χ1) is 7.60. The molecule has 1 rings (SSSR count). The number of hydrogen-bond donors (Lipinski definition) is 1. The predicted octanol–water partition coefficient (Wildman–Crippen LogP) is 3.26. The SMILES string of the molecule is C#CCCCC(C)(O)c1ccc(CC)cc1. The van der Waals surface area contributed by atoms with Crippen molar-refractivity contribution in [1.82, 2.24) is 0 Å². The van der Waals surface area contributed by atoms with Crippen molar-refractivity contribution >= 4 is 0 Å². The van der Waals surface area contributed by atoms with Gasteiger partial charge in [0.25, 0.3) is 0 Å². The first kappa shape index (κ1) is 12.8. The maximum atomic E-state index is 10.3. The molecule has 0 heterocycles. The van der Waals surface area contributed by atoms with E-state index in [1.165, 1.54) is 5.56 Å². The van der Waals surface area contributed by atoms with Gasteiger partial charge in [-0.25, -0.2) is 0 Å². The number of benzene rings is 1. The number of rotatable bonds is 5. The zero-order valence-corrected chi connectivity index (χ0v) is 10.2. The van der Waals surface area contributed by atoms with E-state index in [0.717, 1.165) is 24.8 Å². The van der Waals surface area contributed by atoms with Crippen LogP contribution in [0.3, 0.4) is 0 Å². The summed E-state index contributed by atoms with van der Waals surface area (Å²) in [5, 5.41) is 10.3. The molecule has 0 radical (unpaired) electrons. The fraction of sp³-hybridized carbons (Fsp3) is 0.467. The lowest BCUT2D eigenvalue weighted by Gasteiger charge is -2.23. The molecular formula is C15H20O. The van der Waals surface area contributed by atoms with Gasteiger partial charge >= 0.3 is 0 Å². The maximum absolute atomic E-state index is 10.3. The Bertz CT molecular complexity index is 354. The highest BCUT2D eigenvalue weighted by atomic mass is 16.3. The Labute approximate surface area is 98.5 Å². The first-order valence-electron chi connectivity index (χ1n) is 5.85. The molecule has 0 amide bonds. The summed E-state index contributed by atoms with van der Waals surface area (Å²) < 4.78 is 0. The van der Waals surface area contributed by atoms with Crippen LogP contribution in [0, 0.1) is 12.3 Å². The van der Waals surface area contributed by atoms with E-state index in [0.29, 0.717) is 6.42 Å². The Morgan fingerprint density at radius 1 is 1.31 bits per heavy atom. The van der Waals surface area contributed by atoms with Gasteiger partial charge in [0, 0.05) is 6.42 Å². The van der Waals surface area contributed by atoms with Crippen LogP contribution in [0.5, 0.6) is 0 Å². The summed E-state index contributed by atoms with van der Waals surface area (Å²) in [6.07, 6.45) is 8.53. The monoisotopic (exact) mass is 216 g/mol. The van der Waals surface area contributed by atoms with Gasteiger partial charge in [0.15, 0.2) is 0 Å². The Balaban J connectivity index is 2.69. The number of terminal acetylenes is 1. The summed E-state index contributed by atoms with van der Waals surface area (Å²) in [5.74, 6) is 2.60. The third-order valence-corrected chi connectivity index (χ3v) is 2.97. The van der Waals surface area contributed by atoms with Crippen molar-refractivity contribution in [3.63, 3.8) is 0 Å². The highest BCUT2D eigenvalue weighted by Gasteiger charge is 2.21. The molecule has 0 fully saturated rings. The predicted molar refractivity (Wildman–Crippen MR) is 68.1 cm³/mol. The molecule has 0 aliphatic carbocycles. The zero-order chi connectivity index (χ0) is 12.0. The fourth-order valence-corrected chi connectivity index (χ4v) is 1.78. The molecule has 0 aliphatic rings. The standard InChI is InChI=1S/C15H20O/c1-4-6-7-12-15(3,16)14-10-8-13(5-2)9-11-14/h1,8-11,16H,5-7,12H2,2-3H3. The topological polar surface area (TPSA) is 20.2 Å². The van der Waals surface area contributed by atoms with E-state index >= 15 is 0 Å². The minimum atomic E-state index is -0.761. The minimum absolute atomic E-state index is 0.711. The van der Waals surface area contributed by atoms with Crippen molar-refractivity contribution in [1.29, 1.82) is 0 Å². The van der Waals surface area contributed by atoms with Gasteiger partial charge in [-0.05, 0) is 37.3 Å². The quantitative estimate of drug-likeness (QED) is 0.591. The molecule has 0 bridgehead atoms. The summed E-state index contributed by atoms with van der Waals surface area (Å²) in [4.78, 5) is 0. The van der Waals surface area contributed by atoms with Gasteiger partial charge in [0.1, 0.15) is 0 Å². The largest absolute Gasteiger partial charge is 0.385 e. The van der Waals surface area contributed by atoms with Gasteiger partial charge in [0.2, 0.25) is 0 Å². The van der Waals surface area contributed by atoms with Gasteiger partial charge in [-0.1, -0.05) is 31.2 Å². The molecule has 0 saturated carbocycles. The Kier molecular flexibility index (Phi) is 4.58. The molecular weight excluding hydrogens is 196 g/mol. The number of aliphatic hydroxyl groups is 1. The molecule has 0 saturated heterocycles. The van der Waals surface area contributed by atoms with Crippen molar-refractivity contribution in [2.24, 2.45) is 0 Å². The number of unbranched alkanes of at least 4 members (excludes halogenated alkanes) is 1. The van der Waals surface area contributed by atoms with Gasteiger partial charge in [-0.3, -0.25) is 0 Å². The van der Waals surface area contributed by atoms with E-state index in [9.17, 15) is 5.11 Å². The van der Waals surface area contributed by atoms with Crippen molar-refractivity contribution in [2.75, 3.05) is 0 Å². The highest BCUT2D eigenvalue weighted by molar-refractivity contribution is 5.26. The molecule has 1 aromatic carbocycles. The van der Waals surface area contributed by atoms with Crippen molar-refractivity contribution in [3.05, 3.63) is 35.4 Å². The summed E-state index contributed by atoms with van der Waals surface area (Å²) >= 11 is 0. The van der Waals surface area contributed by atoms with Crippen LogP contribution in [0.1, 0.15) is 44.2 Å². The summed E-state index contributed by atoms with van der Waals surface area (Å²) in [6, 6.07) is 8.17. The maximum Gasteiger partial charge on any atom is 0.0868 e. The van der Waals surface area contributed by atoms with Crippen molar-refractivity contribution in [2.45, 2.75) is 45.1 Å². The average molecular weight is 216 g/mol. The van der Waals surface area contributed by atoms with Crippen LogP contribution in [0.2, 0.25) is 0 Å². The Morgan fingerprint density at radius 2 is 1.94 bits per heavy atom. The third-order valence-electron chi connectivity index (χ3n) is 2.97. The van der Waals surface area contributed by atoms with E-state index < -0.39 is 5.60 Å². The van der Waals surface area contributed by atoms with E-state index in [-0.39, 0.29) is 0 Å². The van der Waals surface area contributed by atoms with Crippen molar-refractivity contribution < 1.29 is 5.11 Å². The second kappa shape index (κ2) is 5.72. The molecule has 1 atom stereocenters. The summed E-state index contributed by atoms with van der Waals surface area (Å²) in [7, 11) is 0. The van der Waals surface area contributed by atoms with Gasteiger partial charge < -0.3 is 5.11 Å². The Morgan fingerprint density at radius 3 is 2.44 bits per heavy atom. The van der Waals surface area contributed by atoms with Crippen LogP contribution in [0.25, 0.3) is 0 Å². The summed E-state index contributed by atoms with van der Waals surface area (Å²) in [6.45, 7) is 3.98. The zero-order valence-electron chi connectivity index (χ0n) is 10.2. The van der Waals surface area contributed by atoms with Crippen LogP contribution in [-0.2, 0) is 12.0 Å². The normalized spacial score (nSPS) is 14.1.